The number of benzene rings is 2. The van der Waals surface area contributed by atoms with E-state index in [-0.39, 0.29) is 4.90 Å². The van der Waals surface area contributed by atoms with Gasteiger partial charge < -0.3 is 5.32 Å². The zero-order valence-electron chi connectivity index (χ0n) is 10.2. The Bertz CT molecular complexity index is 847. The average molecular weight is 283 g/mol. The van der Waals surface area contributed by atoms with Gasteiger partial charge in [0.25, 0.3) is 10.0 Å². The van der Waals surface area contributed by atoms with Crippen molar-refractivity contribution in [1.82, 2.24) is 0 Å². The number of sulfonamides is 1. The second kappa shape index (κ2) is 4.47. The minimum Gasteiger partial charge on any atom is -0.339 e. The first-order valence-electron chi connectivity index (χ1n) is 5.82. The summed E-state index contributed by atoms with van der Waals surface area (Å²) in [4.78, 5) is 0.205. The van der Waals surface area contributed by atoms with Crippen LogP contribution in [0.5, 0.6) is 0 Å². The summed E-state index contributed by atoms with van der Waals surface area (Å²) in [6, 6.07) is 15.4. The summed E-state index contributed by atoms with van der Waals surface area (Å²) in [5.41, 5.74) is 1.77. The number of hydrogen-bond acceptors (Lipinski definition) is 4. The number of nitriles is 1. The summed E-state index contributed by atoms with van der Waals surface area (Å²) >= 11 is 0. The highest BCUT2D eigenvalue weighted by atomic mass is 32.2. The Morgan fingerprint density at radius 1 is 1.05 bits per heavy atom. The van der Waals surface area contributed by atoms with Gasteiger partial charge in [-0.25, -0.2) is 0 Å². The fourth-order valence-electron chi connectivity index (χ4n) is 1.96. The quantitative estimate of drug-likeness (QED) is 0.869. The lowest BCUT2D eigenvalue weighted by molar-refractivity contribution is 0.599. The van der Waals surface area contributed by atoms with E-state index in [0.29, 0.717) is 22.6 Å². The van der Waals surface area contributed by atoms with Gasteiger partial charge in [0.15, 0.2) is 5.84 Å². The SMILES string of the molecule is N#Cc1ccc(NC2=NS(=O)(=O)c3ccccc32)cc1. The molecular formula is C14H9N3O2S. The highest BCUT2D eigenvalue weighted by Crippen LogP contribution is 2.26. The van der Waals surface area contributed by atoms with Gasteiger partial charge in [0.1, 0.15) is 4.90 Å². The average Bonchev–Trinajstić information content (AvgIpc) is 2.72. The van der Waals surface area contributed by atoms with Gasteiger partial charge >= 0.3 is 0 Å². The second-order valence-corrected chi connectivity index (χ2v) is 5.80. The standard InChI is InChI=1S/C14H9N3O2S/c15-9-10-5-7-11(8-6-10)16-14-12-3-1-2-4-13(12)20(18,19)17-14/h1-8H,(H,16,17). The molecule has 0 amide bonds. The molecule has 0 aliphatic carbocycles. The van der Waals surface area contributed by atoms with Gasteiger partial charge in [0.05, 0.1) is 11.6 Å². The summed E-state index contributed by atoms with van der Waals surface area (Å²) in [5, 5.41) is 11.7. The van der Waals surface area contributed by atoms with Gasteiger partial charge in [-0.05, 0) is 36.4 Å². The molecule has 0 saturated carbocycles. The molecule has 20 heavy (non-hydrogen) atoms. The van der Waals surface area contributed by atoms with E-state index in [9.17, 15) is 8.42 Å². The van der Waals surface area contributed by atoms with Gasteiger partial charge in [0.2, 0.25) is 0 Å². The van der Waals surface area contributed by atoms with Crippen molar-refractivity contribution in [3.8, 4) is 6.07 Å². The third-order valence-electron chi connectivity index (χ3n) is 2.91. The summed E-state index contributed by atoms with van der Waals surface area (Å²) in [7, 11) is -3.61. The Morgan fingerprint density at radius 2 is 1.75 bits per heavy atom. The predicted molar refractivity (Wildman–Crippen MR) is 74.9 cm³/mol. The van der Waals surface area contributed by atoms with Crippen molar-refractivity contribution in [1.29, 1.82) is 5.26 Å². The Hall–Kier alpha value is -2.65. The fourth-order valence-corrected chi connectivity index (χ4v) is 3.14. The zero-order chi connectivity index (χ0) is 14.2. The van der Waals surface area contributed by atoms with E-state index in [1.54, 1.807) is 42.5 Å². The number of anilines is 1. The van der Waals surface area contributed by atoms with Crippen LogP contribution in [0.4, 0.5) is 5.69 Å². The van der Waals surface area contributed by atoms with Crippen LogP contribution in [-0.2, 0) is 10.0 Å². The van der Waals surface area contributed by atoms with E-state index in [2.05, 4.69) is 9.71 Å². The second-order valence-electron chi connectivity index (χ2n) is 4.23. The van der Waals surface area contributed by atoms with Crippen LogP contribution < -0.4 is 5.32 Å². The Kier molecular flexibility index (Phi) is 2.77. The molecule has 2 aromatic rings. The normalized spacial score (nSPS) is 15.1. The summed E-state index contributed by atoms with van der Waals surface area (Å²) < 4.78 is 27.5. The maximum Gasteiger partial charge on any atom is 0.285 e. The maximum absolute atomic E-state index is 11.9. The Morgan fingerprint density at radius 3 is 2.45 bits per heavy atom. The molecular weight excluding hydrogens is 274 g/mol. The number of amidine groups is 1. The number of nitrogens with zero attached hydrogens (tertiary/aromatic N) is 2. The van der Waals surface area contributed by atoms with Crippen molar-refractivity contribution < 1.29 is 8.42 Å². The van der Waals surface area contributed by atoms with Gasteiger partial charge in [-0.3, -0.25) is 0 Å². The van der Waals surface area contributed by atoms with Gasteiger partial charge in [-0.1, -0.05) is 12.1 Å². The number of hydrogen-bond donors (Lipinski definition) is 1. The summed E-state index contributed by atoms with van der Waals surface area (Å²) in [5.74, 6) is 0.297. The highest BCUT2D eigenvalue weighted by molar-refractivity contribution is 7.90. The van der Waals surface area contributed by atoms with Crippen LogP contribution in [0.25, 0.3) is 0 Å². The molecule has 0 bridgehead atoms. The molecule has 1 N–H and O–H groups in total. The minimum atomic E-state index is -3.61. The van der Waals surface area contributed by atoms with Crippen molar-refractivity contribution in [3.63, 3.8) is 0 Å². The first-order chi connectivity index (χ1) is 9.60. The highest BCUT2D eigenvalue weighted by Gasteiger charge is 2.28. The molecule has 0 aromatic heterocycles. The van der Waals surface area contributed by atoms with E-state index in [1.165, 1.54) is 6.07 Å². The van der Waals surface area contributed by atoms with E-state index in [1.807, 2.05) is 6.07 Å². The Balaban J connectivity index is 1.98. The molecule has 5 nitrogen and oxygen atoms in total. The molecule has 6 heteroatoms. The minimum absolute atomic E-state index is 0.205. The smallest absolute Gasteiger partial charge is 0.285 e. The number of nitrogens with one attached hydrogen (secondary N) is 1. The van der Waals surface area contributed by atoms with E-state index < -0.39 is 10.0 Å². The monoisotopic (exact) mass is 283 g/mol. The molecule has 0 radical (unpaired) electrons. The van der Waals surface area contributed by atoms with Gasteiger partial charge in [-0.2, -0.15) is 13.7 Å². The van der Waals surface area contributed by atoms with Crippen LogP contribution in [0.2, 0.25) is 0 Å². The lowest BCUT2D eigenvalue weighted by Crippen LogP contribution is -2.11. The molecule has 3 rings (SSSR count). The van der Waals surface area contributed by atoms with E-state index >= 15 is 0 Å². The van der Waals surface area contributed by atoms with Crippen molar-refractivity contribution in [2.75, 3.05) is 5.32 Å². The molecule has 0 fully saturated rings. The number of fused-ring (bicyclic) bond motifs is 1. The summed E-state index contributed by atoms with van der Waals surface area (Å²) in [6.07, 6.45) is 0. The third kappa shape index (κ3) is 2.04. The zero-order valence-corrected chi connectivity index (χ0v) is 11.1. The van der Waals surface area contributed by atoms with Crippen molar-refractivity contribution in [2.45, 2.75) is 4.90 Å². The number of rotatable bonds is 1. The fraction of sp³-hybridized carbons (Fsp3) is 0. The first kappa shape index (κ1) is 12.4. The van der Waals surface area contributed by atoms with Gasteiger partial charge in [-0.15, -0.1) is 4.40 Å². The third-order valence-corrected chi connectivity index (χ3v) is 4.24. The van der Waals surface area contributed by atoms with Crippen LogP contribution in [0.15, 0.2) is 57.8 Å². The van der Waals surface area contributed by atoms with Crippen LogP contribution >= 0.6 is 0 Å². The molecule has 0 spiro atoms. The van der Waals surface area contributed by atoms with Crippen LogP contribution in [0, 0.1) is 11.3 Å². The lowest BCUT2D eigenvalue weighted by atomic mass is 10.2. The molecule has 2 aromatic carbocycles. The van der Waals surface area contributed by atoms with Crippen molar-refractivity contribution in [2.24, 2.45) is 4.40 Å². The topological polar surface area (TPSA) is 82.3 Å². The van der Waals surface area contributed by atoms with Crippen LogP contribution in [-0.4, -0.2) is 14.3 Å². The van der Waals surface area contributed by atoms with E-state index in [4.69, 9.17) is 5.26 Å². The molecule has 1 aliphatic heterocycles. The molecule has 0 atom stereocenters. The van der Waals surface area contributed by atoms with Crippen LogP contribution in [0.3, 0.4) is 0 Å². The van der Waals surface area contributed by atoms with Gasteiger partial charge in [0, 0.05) is 11.3 Å². The summed E-state index contributed by atoms with van der Waals surface area (Å²) in [6.45, 7) is 0. The van der Waals surface area contributed by atoms with Crippen molar-refractivity contribution >= 4 is 21.5 Å². The lowest BCUT2D eigenvalue weighted by Gasteiger charge is -2.06. The molecule has 0 unspecified atom stereocenters. The first-order valence-corrected chi connectivity index (χ1v) is 7.26. The molecule has 1 aliphatic rings. The maximum atomic E-state index is 11.9. The predicted octanol–water partition coefficient (Wildman–Crippen LogP) is 2.12. The molecule has 0 saturated heterocycles. The largest absolute Gasteiger partial charge is 0.339 e. The Labute approximate surface area is 116 Å². The van der Waals surface area contributed by atoms with E-state index in [0.717, 1.165) is 0 Å². The molecule has 98 valence electrons. The van der Waals surface area contributed by atoms with Crippen LogP contribution in [0.1, 0.15) is 11.1 Å². The molecule has 1 heterocycles. The van der Waals surface area contributed by atoms with Crippen molar-refractivity contribution in [3.05, 3.63) is 59.7 Å².